The average molecular weight is 359 g/mol. The zero-order valence-electron chi connectivity index (χ0n) is 15.5. The Kier molecular flexibility index (Phi) is 4.69. The first kappa shape index (κ1) is 17.1. The standard InChI is InChI=1S/C18H25N5O3/c1-21(2)14-11-22(12-15(14)23-5-4-19-20-23)10-13-8-16(24-3)18-17(9-13)25-6-7-26-18/h4-5,8-9,14-15H,6-7,10-12H2,1-3H3/t14-,15+/m1/s1. The normalized spacial score (nSPS) is 22.8. The summed E-state index contributed by atoms with van der Waals surface area (Å²) in [7, 11) is 5.90. The van der Waals surface area contributed by atoms with E-state index in [2.05, 4.69) is 40.3 Å². The number of hydrogen-bond acceptors (Lipinski definition) is 7. The molecule has 3 heterocycles. The van der Waals surface area contributed by atoms with E-state index < -0.39 is 0 Å². The molecule has 140 valence electrons. The molecule has 2 atom stereocenters. The predicted molar refractivity (Wildman–Crippen MR) is 95.8 cm³/mol. The number of benzene rings is 1. The lowest BCUT2D eigenvalue weighted by Crippen LogP contribution is -2.36. The van der Waals surface area contributed by atoms with Crippen LogP contribution in [0.1, 0.15) is 11.6 Å². The highest BCUT2D eigenvalue weighted by atomic mass is 16.6. The molecule has 26 heavy (non-hydrogen) atoms. The number of likely N-dealkylation sites (N-methyl/N-ethyl adjacent to an activating group) is 1. The van der Waals surface area contributed by atoms with Crippen LogP contribution < -0.4 is 14.2 Å². The number of nitrogens with zero attached hydrogens (tertiary/aromatic N) is 5. The number of fused-ring (bicyclic) bond motifs is 1. The summed E-state index contributed by atoms with van der Waals surface area (Å²) in [5.41, 5.74) is 1.16. The molecule has 8 nitrogen and oxygen atoms in total. The average Bonchev–Trinajstić information content (AvgIpc) is 3.30. The van der Waals surface area contributed by atoms with Gasteiger partial charge >= 0.3 is 0 Å². The minimum atomic E-state index is 0.284. The molecule has 2 aliphatic heterocycles. The van der Waals surface area contributed by atoms with Gasteiger partial charge in [0.25, 0.3) is 0 Å². The lowest BCUT2D eigenvalue weighted by Gasteiger charge is -2.25. The molecule has 1 fully saturated rings. The molecule has 2 aromatic rings. The fraction of sp³-hybridized carbons (Fsp3) is 0.556. The number of rotatable bonds is 5. The summed E-state index contributed by atoms with van der Waals surface area (Å²) in [6, 6.07) is 4.77. The third-order valence-corrected chi connectivity index (χ3v) is 5.07. The van der Waals surface area contributed by atoms with E-state index in [1.165, 1.54) is 0 Å². The summed E-state index contributed by atoms with van der Waals surface area (Å²) >= 11 is 0. The molecule has 2 aliphatic rings. The van der Waals surface area contributed by atoms with Gasteiger partial charge in [-0.2, -0.15) is 0 Å². The molecule has 0 amide bonds. The Morgan fingerprint density at radius 3 is 2.81 bits per heavy atom. The Bertz CT molecular complexity index is 732. The second-order valence-corrected chi connectivity index (χ2v) is 7.00. The van der Waals surface area contributed by atoms with Crippen molar-refractivity contribution >= 4 is 0 Å². The molecular formula is C18H25N5O3. The van der Waals surface area contributed by atoms with Gasteiger partial charge in [0.05, 0.1) is 19.3 Å². The van der Waals surface area contributed by atoms with Crippen molar-refractivity contribution in [2.24, 2.45) is 0 Å². The van der Waals surface area contributed by atoms with Gasteiger partial charge in [0, 0.05) is 31.9 Å². The minimum absolute atomic E-state index is 0.284. The molecule has 0 unspecified atom stereocenters. The van der Waals surface area contributed by atoms with Gasteiger partial charge in [-0.15, -0.1) is 5.10 Å². The van der Waals surface area contributed by atoms with Crippen LogP contribution in [0.2, 0.25) is 0 Å². The largest absolute Gasteiger partial charge is 0.493 e. The molecular weight excluding hydrogens is 334 g/mol. The first-order valence-corrected chi connectivity index (χ1v) is 8.87. The number of hydrogen-bond donors (Lipinski definition) is 0. The summed E-state index contributed by atoms with van der Waals surface area (Å²) < 4.78 is 18.9. The van der Waals surface area contributed by atoms with Gasteiger partial charge in [-0.3, -0.25) is 4.90 Å². The molecule has 0 aliphatic carbocycles. The minimum Gasteiger partial charge on any atom is -0.493 e. The van der Waals surface area contributed by atoms with Crippen LogP contribution in [0.3, 0.4) is 0 Å². The number of likely N-dealkylation sites (tertiary alicyclic amines) is 1. The zero-order valence-corrected chi connectivity index (χ0v) is 15.5. The van der Waals surface area contributed by atoms with Crippen molar-refractivity contribution in [2.45, 2.75) is 18.6 Å². The van der Waals surface area contributed by atoms with Crippen molar-refractivity contribution in [1.29, 1.82) is 0 Å². The maximum Gasteiger partial charge on any atom is 0.203 e. The highest BCUT2D eigenvalue weighted by molar-refractivity contribution is 5.54. The number of aromatic nitrogens is 3. The van der Waals surface area contributed by atoms with Crippen LogP contribution in [0.4, 0.5) is 0 Å². The molecule has 1 aromatic carbocycles. The van der Waals surface area contributed by atoms with Crippen molar-refractivity contribution in [3.05, 3.63) is 30.1 Å². The van der Waals surface area contributed by atoms with E-state index in [1.54, 1.807) is 13.3 Å². The molecule has 0 bridgehead atoms. The van der Waals surface area contributed by atoms with Crippen LogP contribution in [0.15, 0.2) is 24.5 Å². The first-order valence-electron chi connectivity index (χ1n) is 8.87. The van der Waals surface area contributed by atoms with Gasteiger partial charge in [-0.1, -0.05) is 5.21 Å². The highest BCUT2D eigenvalue weighted by Crippen LogP contribution is 2.41. The van der Waals surface area contributed by atoms with Gasteiger partial charge < -0.3 is 19.1 Å². The summed E-state index contributed by atoms with van der Waals surface area (Å²) in [6.07, 6.45) is 3.68. The van der Waals surface area contributed by atoms with Crippen LogP contribution in [-0.2, 0) is 6.54 Å². The van der Waals surface area contributed by atoms with Crippen LogP contribution in [-0.4, -0.2) is 78.3 Å². The van der Waals surface area contributed by atoms with E-state index in [0.717, 1.165) is 36.7 Å². The van der Waals surface area contributed by atoms with Crippen LogP contribution in [0, 0.1) is 0 Å². The van der Waals surface area contributed by atoms with Crippen molar-refractivity contribution in [2.75, 3.05) is 47.5 Å². The Balaban J connectivity index is 1.54. The summed E-state index contributed by atoms with van der Waals surface area (Å²) in [5, 5.41) is 8.18. The van der Waals surface area contributed by atoms with Crippen molar-refractivity contribution in [1.82, 2.24) is 24.8 Å². The van der Waals surface area contributed by atoms with Gasteiger partial charge in [-0.25, -0.2) is 4.68 Å². The molecule has 0 spiro atoms. The van der Waals surface area contributed by atoms with Gasteiger partial charge in [0.1, 0.15) is 13.2 Å². The van der Waals surface area contributed by atoms with E-state index in [0.29, 0.717) is 25.0 Å². The summed E-state index contributed by atoms with van der Waals surface area (Å²) in [5.74, 6) is 2.20. The first-order chi connectivity index (χ1) is 12.7. The second-order valence-electron chi connectivity index (χ2n) is 7.00. The number of ether oxygens (including phenoxy) is 3. The molecule has 8 heteroatoms. The Labute approximate surface area is 153 Å². The van der Waals surface area contributed by atoms with Crippen LogP contribution in [0.25, 0.3) is 0 Å². The fourth-order valence-electron chi connectivity index (χ4n) is 3.81. The Morgan fingerprint density at radius 2 is 2.08 bits per heavy atom. The Hall–Kier alpha value is -2.32. The van der Waals surface area contributed by atoms with Gasteiger partial charge in [0.15, 0.2) is 11.5 Å². The van der Waals surface area contributed by atoms with Crippen LogP contribution >= 0.6 is 0 Å². The van der Waals surface area contributed by atoms with Crippen molar-refractivity contribution in [3.63, 3.8) is 0 Å². The van der Waals surface area contributed by atoms with E-state index in [9.17, 15) is 0 Å². The lowest BCUT2D eigenvalue weighted by molar-refractivity contribution is 0.164. The maximum absolute atomic E-state index is 5.76. The summed E-state index contributed by atoms with van der Waals surface area (Å²) in [4.78, 5) is 4.69. The van der Waals surface area contributed by atoms with Crippen LogP contribution in [0.5, 0.6) is 17.2 Å². The fourth-order valence-corrected chi connectivity index (χ4v) is 3.81. The van der Waals surface area contributed by atoms with Gasteiger partial charge in [-0.05, 0) is 31.8 Å². The topological polar surface area (TPSA) is 64.9 Å². The molecule has 1 saturated heterocycles. The smallest absolute Gasteiger partial charge is 0.203 e. The van der Waals surface area contributed by atoms with E-state index in [4.69, 9.17) is 14.2 Å². The molecule has 4 rings (SSSR count). The summed E-state index contributed by atoms with van der Waals surface area (Å²) in [6.45, 7) is 3.83. The van der Waals surface area contributed by atoms with Gasteiger partial charge in [0.2, 0.25) is 5.75 Å². The van der Waals surface area contributed by atoms with E-state index in [-0.39, 0.29) is 6.04 Å². The molecule has 0 radical (unpaired) electrons. The maximum atomic E-state index is 5.76. The van der Waals surface area contributed by atoms with Crippen molar-refractivity contribution < 1.29 is 14.2 Å². The van der Waals surface area contributed by atoms with E-state index >= 15 is 0 Å². The molecule has 1 aromatic heterocycles. The molecule has 0 saturated carbocycles. The molecule has 0 N–H and O–H groups in total. The highest BCUT2D eigenvalue weighted by Gasteiger charge is 2.36. The monoisotopic (exact) mass is 359 g/mol. The lowest BCUT2D eigenvalue weighted by atomic mass is 10.1. The zero-order chi connectivity index (χ0) is 18.1. The third-order valence-electron chi connectivity index (χ3n) is 5.07. The predicted octanol–water partition coefficient (Wildman–Crippen LogP) is 1.04. The third kappa shape index (κ3) is 3.22. The second kappa shape index (κ2) is 7.13. The van der Waals surface area contributed by atoms with E-state index in [1.807, 2.05) is 16.9 Å². The number of methoxy groups -OCH3 is 1. The SMILES string of the molecule is COc1cc(CN2C[C@@H](N(C)C)[C@@H](n3ccnn3)C2)cc2c1OCCO2. The Morgan fingerprint density at radius 1 is 1.23 bits per heavy atom. The quantitative estimate of drug-likeness (QED) is 0.790. The van der Waals surface area contributed by atoms with Crippen molar-refractivity contribution in [3.8, 4) is 17.2 Å².